The number of halogens is 4. The molecule has 1 saturated heterocycles. The summed E-state index contributed by atoms with van der Waals surface area (Å²) in [5.41, 5.74) is -0.255. The number of hydrogen-bond acceptors (Lipinski definition) is 9. The van der Waals surface area contributed by atoms with Gasteiger partial charge in [0.05, 0.1) is 10.6 Å². The molecule has 1 aromatic carbocycles. The van der Waals surface area contributed by atoms with Crippen LogP contribution < -0.4 is 15.0 Å². The summed E-state index contributed by atoms with van der Waals surface area (Å²) in [4.78, 5) is 26.9. The lowest BCUT2D eigenvalue weighted by atomic mass is 9.96. The van der Waals surface area contributed by atoms with Gasteiger partial charge < -0.3 is 19.3 Å². The molecule has 1 saturated carbocycles. The summed E-state index contributed by atoms with van der Waals surface area (Å²) < 4.78 is 52.4. The second kappa shape index (κ2) is 8.80. The van der Waals surface area contributed by atoms with Crippen molar-refractivity contribution in [3.8, 4) is 17.1 Å². The van der Waals surface area contributed by atoms with Crippen LogP contribution in [0.5, 0.6) is 5.75 Å². The van der Waals surface area contributed by atoms with E-state index >= 15 is 0 Å². The highest BCUT2D eigenvalue weighted by molar-refractivity contribution is 6.32. The molecule has 2 atom stereocenters. The van der Waals surface area contributed by atoms with Crippen molar-refractivity contribution in [1.29, 1.82) is 0 Å². The van der Waals surface area contributed by atoms with Gasteiger partial charge in [-0.15, -0.1) is 13.2 Å². The minimum Gasteiger partial charge on any atom is -0.447 e. The minimum absolute atomic E-state index is 0.0389. The molecule has 10 nitrogen and oxygen atoms in total. The summed E-state index contributed by atoms with van der Waals surface area (Å²) in [7, 11) is 0. The highest BCUT2D eigenvalue weighted by atomic mass is 35.5. The first-order chi connectivity index (χ1) is 17.0. The average molecular weight is 525 g/mol. The number of ether oxygens (including phenoxy) is 2. The van der Waals surface area contributed by atoms with Gasteiger partial charge in [-0.2, -0.15) is 9.97 Å². The van der Waals surface area contributed by atoms with Crippen LogP contribution >= 0.6 is 11.6 Å². The standard InChI is InChI=1S/C22H20ClF3N6O4/c1-11(18-30-17(31-36-18)12-3-6-14(23)15(9-12)35-22(24,25)26)28-19-27-8-7-16(29-19)32-20(33)34-10-21(32,2)13-4-5-13/h3,6-9,11,13H,4-5,10H2,1-2H3,(H,27,28,29)/t11?,21-/m1/s1. The molecular weight excluding hydrogens is 505 g/mol. The lowest BCUT2D eigenvalue weighted by molar-refractivity contribution is -0.274. The van der Waals surface area contributed by atoms with E-state index in [2.05, 4.69) is 30.2 Å². The lowest BCUT2D eigenvalue weighted by Crippen LogP contribution is -2.47. The maximum atomic E-state index is 12.6. The average Bonchev–Trinajstić information content (AvgIpc) is 3.48. The van der Waals surface area contributed by atoms with Gasteiger partial charge in [-0.25, -0.2) is 9.78 Å². The molecule has 2 aromatic heterocycles. The molecule has 2 fully saturated rings. The highest BCUT2D eigenvalue weighted by Gasteiger charge is 2.54. The van der Waals surface area contributed by atoms with Crippen LogP contribution in [-0.2, 0) is 4.74 Å². The fourth-order valence-electron chi connectivity index (χ4n) is 4.08. The lowest BCUT2D eigenvalue weighted by Gasteiger charge is -2.31. The predicted molar refractivity (Wildman–Crippen MR) is 120 cm³/mol. The first-order valence-corrected chi connectivity index (χ1v) is 11.4. The molecule has 1 aliphatic carbocycles. The summed E-state index contributed by atoms with van der Waals surface area (Å²) in [5, 5.41) is 6.65. The zero-order valence-electron chi connectivity index (χ0n) is 19.0. The Bertz CT molecular complexity index is 1300. The molecule has 1 amide bonds. The van der Waals surface area contributed by atoms with E-state index in [0.29, 0.717) is 18.3 Å². The minimum atomic E-state index is -4.90. The van der Waals surface area contributed by atoms with Crippen LogP contribution in [0.25, 0.3) is 11.4 Å². The molecule has 5 rings (SSSR count). The van der Waals surface area contributed by atoms with Crippen LogP contribution in [0.2, 0.25) is 5.02 Å². The Morgan fingerprint density at radius 2 is 2.06 bits per heavy atom. The highest BCUT2D eigenvalue weighted by Crippen LogP contribution is 2.47. The number of hydrogen-bond donors (Lipinski definition) is 1. The SMILES string of the molecule is CC(Nc1nccc(N2C(=O)OC[C@]2(C)C2CC2)n1)c1nc(-c2ccc(Cl)c(OC(F)(F)F)c2)no1. The summed E-state index contributed by atoms with van der Waals surface area (Å²) in [6, 6.07) is 4.82. The summed E-state index contributed by atoms with van der Waals surface area (Å²) in [5.74, 6) is 0.558. The summed E-state index contributed by atoms with van der Waals surface area (Å²) in [6.07, 6.45) is -1.80. The monoisotopic (exact) mass is 524 g/mol. The van der Waals surface area contributed by atoms with E-state index in [1.807, 2.05) is 6.92 Å². The van der Waals surface area contributed by atoms with Crippen molar-refractivity contribution in [2.24, 2.45) is 5.92 Å². The third-order valence-corrected chi connectivity index (χ3v) is 6.39. The number of carbonyl (C=O) groups is 1. The summed E-state index contributed by atoms with van der Waals surface area (Å²) in [6.45, 7) is 3.99. The van der Waals surface area contributed by atoms with Crippen molar-refractivity contribution in [1.82, 2.24) is 20.1 Å². The van der Waals surface area contributed by atoms with Crippen molar-refractivity contribution in [2.75, 3.05) is 16.8 Å². The molecule has 0 spiro atoms. The number of rotatable bonds is 7. The normalized spacial score (nSPS) is 20.8. The number of alkyl halides is 3. The smallest absolute Gasteiger partial charge is 0.447 e. The van der Waals surface area contributed by atoms with Crippen molar-refractivity contribution in [3.05, 3.63) is 41.4 Å². The predicted octanol–water partition coefficient (Wildman–Crippen LogP) is 5.38. The molecule has 2 aliphatic rings. The Kier molecular flexibility index (Phi) is 5.89. The molecule has 3 aromatic rings. The van der Waals surface area contributed by atoms with Gasteiger partial charge in [-0.1, -0.05) is 16.8 Å². The number of aromatic nitrogens is 4. The number of carbonyl (C=O) groups excluding carboxylic acids is 1. The maximum Gasteiger partial charge on any atom is 0.573 e. The molecule has 0 radical (unpaired) electrons. The number of anilines is 2. The van der Waals surface area contributed by atoms with Crippen LogP contribution in [0.15, 0.2) is 35.0 Å². The molecule has 0 bridgehead atoms. The molecule has 36 heavy (non-hydrogen) atoms. The topological polar surface area (TPSA) is 116 Å². The van der Waals surface area contributed by atoms with Crippen molar-refractivity contribution < 1.29 is 32.0 Å². The van der Waals surface area contributed by atoms with Crippen LogP contribution in [0.3, 0.4) is 0 Å². The molecule has 3 heterocycles. The molecule has 1 aliphatic heterocycles. The van der Waals surface area contributed by atoms with Crippen molar-refractivity contribution in [3.63, 3.8) is 0 Å². The number of nitrogens with one attached hydrogen (secondary N) is 1. The van der Waals surface area contributed by atoms with Crippen LogP contribution in [-0.4, -0.2) is 44.7 Å². The van der Waals surface area contributed by atoms with E-state index in [1.165, 1.54) is 18.3 Å². The van der Waals surface area contributed by atoms with Gasteiger partial charge >= 0.3 is 12.5 Å². The first-order valence-electron chi connectivity index (χ1n) is 11.0. The van der Waals surface area contributed by atoms with Crippen LogP contribution in [0.1, 0.15) is 38.6 Å². The maximum absolute atomic E-state index is 12.6. The van der Waals surface area contributed by atoms with Crippen LogP contribution in [0, 0.1) is 5.92 Å². The third-order valence-electron chi connectivity index (χ3n) is 6.08. The van der Waals surface area contributed by atoms with E-state index in [-0.39, 0.29) is 28.2 Å². The fraction of sp³-hybridized carbons (Fsp3) is 0.409. The molecular formula is C22H20ClF3N6O4. The molecule has 190 valence electrons. The first kappa shape index (κ1) is 24.1. The number of cyclic esters (lactones) is 1. The zero-order chi connectivity index (χ0) is 25.7. The largest absolute Gasteiger partial charge is 0.573 e. The molecule has 14 heteroatoms. The zero-order valence-corrected chi connectivity index (χ0v) is 19.8. The number of benzene rings is 1. The van der Waals surface area contributed by atoms with Crippen LogP contribution in [0.4, 0.5) is 29.7 Å². The van der Waals surface area contributed by atoms with Gasteiger partial charge in [0.25, 0.3) is 0 Å². The number of amides is 1. The van der Waals surface area contributed by atoms with Gasteiger partial charge in [0.1, 0.15) is 24.2 Å². The fourth-order valence-corrected chi connectivity index (χ4v) is 4.23. The van der Waals surface area contributed by atoms with Gasteiger partial charge in [-0.3, -0.25) is 4.90 Å². The van der Waals surface area contributed by atoms with E-state index in [0.717, 1.165) is 18.9 Å². The number of nitrogens with zero attached hydrogens (tertiary/aromatic N) is 5. The Morgan fingerprint density at radius 3 is 2.78 bits per heavy atom. The Hall–Kier alpha value is -3.61. The molecule has 1 unspecified atom stereocenters. The molecule has 1 N–H and O–H groups in total. The Labute approximate surface area is 207 Å². The third kappa shape index (κ3) is 4.74. The van der Waals surface area contributed by atoms with E-state index in [9.17, 15) is 18.0 Å². The van der Waals surface area contributed by atoms with E-state index in [1.54, 1.807) is 17.9 Å². The Morgan fingerprint density at radius 1 is 1.28 bits per heavy atom. The van der Waals surface area contributed by atoms with Gasteiger partial charge in [0.15, 0.2) is 0 Å². The van der Waals surface area contributed by atoms with E-state index in [4.69, 9.17) is 20.9 Å². The van der Waals surface area contributed by atoms with Crippen molar-refractivity contribution in [2.45, 2.75) is 44.6 Å². The Balaban J connectivity index is 1.33. The second-order valence-corrected chi connectivity index (χ2v) is 9.18. The van der Waals surface area contributed by atoms with Gasteiger partial charge in [0, 0.05) is 11.8 Å². The van der Waals surface area contributed by atoms with Crippen molar-refractivity contribution >= 4 is 29.5 Å². The van der Waals surface area contributed by atoms with Gasteiger partial charge in [-0.05, 0) is 56.9 Å². The summed E-state index contributed by atoms with van der Waals surface area (Å²) >= 11 is 5.80. The van der Waals surface area contributed by atoms with Gasteiger partial charge in [0.2, 0.25) is 17.7 Å². The second-order valence-electron chi connectivity index (χ2n) is 8.78. The quantitative estimate of drug-likeness (QED) is 0.435. The van der Waals surface area contributed by atoms with E-state index < -0.39 is 29.8 Å².